The average Bonchev–Trinajstić information content (AvgIpc) is 2.96. The summed E-state index contributed by atoms with van der Waals surface area (Å²) in [5, 5.41) is 9.89. The zero-order valence-corrected chi connectivity index (χ0v) is 12.2. The Morgan fingerprint density at radius 1 is 1.25 bits per heavy atom. The molecule has 0 bridgehead atoms. The molecular formula is C16H18N2O2. The maximum Gasteiger partial charge on any atom is 0.208 e. The van der Waals surface area contributed by atoms with Gasteiger partial charge in [0.2, 0.25) is 5.90 Å². The predicted molar refractivity (Wildman–Crippen MR) is 75.1 cm³/mol. The maximum absolute atomic E-state index is 9.89. The minimum absolute atomic E-state index is 0.394. The molecule has 1 aromatic rings. The second-order valence-corrected chi connectivity index (χ2v) is 5.85. The molecule has 0 spiro atoms. The van der Waals surface area contributed by atoms with Crippen molar-refractivity contribution in [3.63, 3.8) is 0 Å². The molecule has 0 unspecified atom stereocenters. The third-order valence-electron chi connectivity index (χ3n) is 5.06. The summed E-state index contributed by atoms with van der Waals surface area (Å²) in [6.45, 7) is 4.59. The lowest BCUT2D eigenvalue weighted by molar-refractivity contribution is 0.0360. The largest absolute Gasteiger partial charge is 0.483 e. The molecule has 0 amide bonds. The minimum atomic E-state index is -0.865. The summed E-state index contributed by atoms with van der Waals surface area (Å²) >= 11 is 0. The SMILES string of the molecule is COC1=NCc2ccccc2[C@]2(OC)C(C)(C)[C@@]12C#N. The molecule has 3 rings (SSSR count). The molecule has 1 fully saturated rings. The lowest BCUT2D eigenvalue weighted by Crippen LogP contribution is -2.27. The summed E-state index contributed by atoms with van der Waals surface area (Å²) in [5.41, 5.74) is 0.179. The highest BCUT2D eigenvalue weighted by Crippen LogP contribution is 2.79. The summed E-state index contributed by atoms with van der Waals surface area (Å²) in [5.74, 6) is 0.475. The van der Waals surface area contributed by atoms with Crippen LogP contribution in [0.15, 0.2) is 29.3 Å². The lowest BCUT2D eigenvalue weighted by Gasteiger charge is -2.21. The van der Waals surface area contributed by atoms with E-state index in [1.54, 1.807) is 14.2 Å². The summed E-state index contributed by atoms with van der Waals surface area (Å²) in [7, 11) is 3.24. The number of nitriles is 1. The second-order valence-electron chi connectivity index (χ2n) is 5.85. The highest BCUT2D eigenvalue weighted by molar-refractivity contribution is 5.94. The summed E-state index contributed by atoms with van der Waals surface area (Å²) in [4.78, 5) is 4.53. The first-order valence-corrected chi connectivity index (χ1v) is 6.67. The molecule has 1 heterocycles. The molecule has 1 aromatic carbocycles. The van der Waals surface area contributed by atoms with Crippen LogP contribution in [0.3, 0.4) is 0 Å². The van der Waals surface area contributed by atoms with E-state index in [0.29, 0.717) is 12.4 Å². The Hall–Kier alpha value is -1.86. The highest BCUT2D eigenvalue weighted by Gasteiger charge is 2.89. The van der Waals surface area contributed by atoms with E-state index in [2.05, 4.69) is 11.1 Å². The van der Waals surface area contributed by atoms with Gasteiger partial charge in [0.15, 0.2) is 5.41 Å². The van der Waals surface area contributed by atoms with Gasteiger partial charge in [-0.25, -0.2) is 4.99 Å². The summed E-state index contributed by atoms with van der Waals surface area (Å²) in [6, 6.07) is 10.5. The summed E-state index contributed by atoms with van der Waals surface area (Å²) < 4.78 is 11.4. The third kappa shape index (κ3) is 1.06. The number of fused-ring (bicyclic) bond motifs is 3. The van der Waals surface area contributed by atoms with E-state index in [9.17, 15) is 5.26 Å². The molecule has 0 aromatic heterocycles. The number of rotatable bonds is 1. The third-order valence-corrected chi connectivity index (χ3v) is 5.06. The Morgan fingerprint density at radius 3 is 2.55 bits per heavy atom. The van der Waals surface area contributed by atoms with Crippen molar-refractivity contribution in [3.05, 3.63) is 35.4 Å². The minimum Gasteiger partial charge on any atom is -0.483 e. The Bertz CT molecular complexity index is 644. The number of ether oxygens (including phenoxy) is 2. The van der Waals surface area contributed by atoms with Gasteiger partial charge >= 0.3 is 0 Å². The Labute approximate surface area is 119 Å². The Morgan fingerprint density at radius 2 is 1.95 bits per heavy atom. The maximum atomic E-state index is 9.89. The normalized spacial score (nSPS) is 33.0. The number of nitrogens with zero attached hydrogens (tertiary/aromatic N) is 2. The van der Waals surface area contributed by atoms with Crippen molar-refractivity contribution in [1.29, 1.82) is 5.26 Å². The smallest absolute Gasteiger partial charge is 0.208 e. The molecular weight excluding hydrogens is 252 g/mol. The van der Waals surface area contributed by atoms with Gasteiger partial charge in [-0.15, -0.1) is 0 Å². The van der Waals surface area contributed by atoms with Crippen molar-refractivity contribution in [2.24, 2.45) is 15.8 Å². The van der Waals surface area contributed by atoms with Crippen molar-refractivity contribution < 1.29 is 9.47 Å². The Kier molecular flexibility index (Phi) is 2.52. The van der Waals surface area contributed by atoms with Crippen molar-refractivity contribution >= 4 is 5.90 Å². The molecule has 104 valence electrons. The first-order chi connectivity index (χ1) is 9.53. The monoisotopic (exact) mass is 270 g/mol. The van der Waals surface area contributed by atoms with E-state index in [-0.39, 0.29) is 0 Å². The predicted octanol–water partition coefficient (Wildman–Crippen LogP) is 2.64. The van der Waals surface area contributed by atoms with E-state index in [1.807, 2.05) is 38.1 Å². The van der Waals surface area contributed by atoms with Crippen molar-refractivity contribution in [3.8, 4) is 6.07 Å². The fourth-order valence-corrected chi connectivity index (χ4v) is 4.07. The van der Waals surface area contributed by atoms with Gasteiger partial charge in [0.25, 0.3) is 0 Å². The van der Waals surface area contributed by atoms with Gasteiger partial charge in [0.05, 0.1) is 19.7 Å². The van der Waals surface area contributed by atoms with Gasteiger partial charge in [0, 0.05) is 12.5 Å². The molecule has 1 aliphatic heterocycles. The van der Waals surface area contributed by atoms with E-state index in [1.165, 1.54) is 0 Å². The van der Waals surface area contributed by atoms with Crippen LogP contribution >= 0.6 is 0 Å². The number of methoxy groups -OCH3 is 2. The zero-order chi connectivity index (χ0) is 14.6. The molecule has 0 saturated heterocycles. The van der Waals surface area contributed by atoms with Gasteiger partial charge in [0.1, 0.15) is 5.60 Å². The van der Waals surface area contributed by atoms with E-state index in [4.69, 9.17) is 9.47 Å². The van der Waals surface area contributed by atoms with Crippen LogP contribution in [0, 0.1) is 22.2 Å². The van der Waals surface area contributed by atoms with E-state index < -0.39 is 16.4 Å². The molecule has 20 heavy (non-hydrogen) atoms. The van der Waals surface area contributed by atoms with Gasteiger partial charge in [-0.3, -0.25) is 0 Å². The van der Waals surface area contributed by atoms with Crippen molar-refractivity contribution in [2.45, 2.75) is 26.0 Å². The summed E-state index contributed by atoms with van der Waals surface area (Å²) in [6.07, 6.45) is 0. The topological polar surface area (TPSA) is 54.6 Å². The molecule has 2 atom stereocenters. The molecule has 4 heteroatoms. The molecule has 1 saturated carbocycles. The van der Waals surface area contributed by atoms with Gasteiger partial charge < -0.3 is 9.47 Å². The lowest BCUT2D eigenvalue weighted by atomic mass is 9.94. The fraction of sp³-hybridized carbons (Fsp3) is 0.500. The van der Waals surface area contributed by atoms with Crippen LogP contribution in [0.25, 0.3) is 0 Å². The molecule has 1 aliphatic carbocycles. The standard InChI is InChI=1S/C16H18N2O2/c1-14(2)15(10-17)13(19-3)18-9-11-7-5-6-8-12(11)16(14,15)20-4/h5-8H,9H2,1-4H3/t15-,16+/m1/s1. The van der Waals surface area contributed by atoms with Crippen molar-refractivity contribution in [1.82, 2.24) is 0 Å². The van der Waals surface area contributed by atoms with Crippen LogP contribution < -0.4 is 0 Å². The van der Waals surface area contributed by atoms with Crippen LogP contribution in [0.2, 0.25) is 0 Å². The first kappa shape index (κ1) is 13.1. The second kappa shape index (κ2) is 3.83. The molecule has 0 N–H and O–H groups in total. The number of hydrogen-bond acceptors (Lipinski definition) is 4. The number of hydrogen-bond donors (Lipinski definition) is 0. The average molecular weight is 270 g/mol. The zero-order valence-electron chi connectivity index (χ0n) is 12.2. The van der Waals surface area contributed by atoms with Gasteiger partial charge in [-0.2, -0.15) is 5.26 Å². The van der Waals surface area contributed by atoms with Crippen LogP contribution in [0.5, 0.6) is 0 Å². The first-order valence-electron chi connectivity index (χ1n) is 6.67. The van der Waals surface area contributed by atoms with E-state index >= 15 is 0 Å². The van der Waals surface area contributed by atoms with Crippen LogP contribution in [-0.2, 0) is 21.6 Å². The van der Waals surface area contributed by atoms with E-state index in [0.717, 1.165) is 11.1 Å². The molecule has 4 nitrogen and oxygen atoms in total. The van der Waals surface area contributed by atoms with Crippen LogP contribution in [-0.4, -0.2) is 20.1 Å². The highest BCUT2D eigenvalue weighted by atomic mass is 16.5. The molecule has 0 radical (unpaired) electrons. The fourth-order valence-electron chi connectivity index (χ4n) is 4.07. The van der Waals surface area contributed by atoms with Gasteiger partial charge in [-0.05, 0) is 11.1 Å². The van der Waals surface area contributed by atoms with Crippen molar-refractivity contribution in [2.75, 3.05) is 14.2 Å². The number of aliphatic imine (C=N–C) groups is 1. The quantitative estimate of drug-likeness (QED) is 0.788. The van der Waals surface area contributed by atoms with Gasteiger partial charge in [-0.1, -0.05) is 38.1 Å². The Balaban J connectivity index is 2.36. The molecule has 2 aliphatic rings. The van der Waals surface area contributed by atoms with Crippen LogP contribution in [0.4, 0.5) is 0 Å². The van der Waals surface area contributed by atoms with Crippen LogP contribution in [0.1, 0.15) is 25.0 Å². The number of benzene rings is 1.